The second kappa shape index (κ2) is 13.0. The van der Waals surface area contributed by atoms with Gasteiger partial charge in [0, 0.05) is 31.4 Å². The van der Waals surface area contributed by atoms with Gasteiger partial charge in [-0.1, -0.05) is 161 Å². The van der Waals surface area contributed by atoms with Gasteiger partial charge in [-0.05, 0) is 161 Å². The second-order valence-electron chi connectivity index (χ2n) is 18.5. The number of hydrogen-bond donors (Lipinski definition) is 0. The number of hydrogen-bond acceptors (Lipinski definition) is 1. The van der Waals surface area contributed by atoms with E-state index in [-0.39, 0.29) is 10.8 Å². The predicted molar refractivity (Wildman–Crippen MR) is 263 cm³/mol. The SMILES string of the molecule is Cc1cc2c(-c3ccc4c(c3)C(C)(C)c3cc(-c5ccccc5)c5ccccc5c3-4)sc(-c3ccc4c(c3)C(C)(C)c3cc(-c5ccccc5)c5ccccc5c3-4)c2cc1C. The lowest BCUT2D eigenvalue weighted by molar-refractivity contribution is 0.661. The summed E-state index contributed by atoms with van der Waals surface area (Å²) in [5.41, 5.74) is 21.2. The molecule has 0 saturated heterocycles. The molecule has 1 heteroatoms. The molecule has 0 unspecified atom stereocenters. The summed E-state index contributed by atoms with van der Waals surface area (Å²) in [6, 6.07) is 64.3. The summed E-state index contributed by atoms with van der Waals surface area (Å²) < 4.78 is 0. The van der Waals surface area contributed by atoms with E-state index in [1.165, 1.54) is 131 Å². The monoisotopic (exact) mass is 798 g/mol. The average molecular weight is 799 g/mol. The van der Waals surface area contributed by atoms with Crippen LogP contribution in [0.4, 0.5) is 0 Å². The molecule has 0 saturated carbocycles. The number of fused-ring (bicyclic) bond motifs is 11. The zero-order chi connectivity index (χ0) is 41.4. The highest BCUT2D eigenvalue weighted by Gasteiger charge is 2.39. The van der Waals surface area contributed by atoms with Crippen molar-refractivity contribution >= 4 is 43.7 Å². The summed E-state index contributed by atoms with van der Waals surface area (Å²) in [4.78, 5) is 2.69. The summed E-state index contributed by atoms with van der Waals surface area (Å²) in [5, 5.41) is 7.97. The van der Waals surface area contributed by atoms with Crippen LogP contribution >= 0.6 is 11.3 Å². The Labute approximate surface area is 362 Å². The Morgan fingerprint density at radius 2 is 0.689 bits per heavy atom. The lowest BCUT2D eigenvalue weighted by atomic mass is 9.80. The average Bonchev–Trinajstić information content (AvgIpc) is 3.85. The van der Waals surface area contributed by atoms with Crippen LogP contribution in [0.2, 0.25) is 0 Å². The third-order valence-corrected chi connectivity index (χ3v) is 15.7. The van der Waals surface area contributed by atoms with Gasteiger partial charge in [-0.3, -0.25) is 0 Å². The number of thiophene rings is 1. The van der Waals surface area contributed by atoms with Gasteiger partial charge in [-0.2, -0.15) is 0 Å². The van der Waals surface area contributed by atoms with Crippen molar-refractivity contribution in [3.63, 3.8) is 0 Å². The lowest BCUT2D eigenvalue weighted by Crippen LogP contribution is -2.15. The summed E-state index contributed by atoms with van der Waals surface area (Å²) >= 11 is 1.96. The minimum Gasteiger partial charge on any atom is -0.134 e. The number of benzene rings is 9. The molecule has 9 aromatic carbocycles. The molecule has 0 bridgehead atoms. The zero-order valence-electron chi connectivity index (χ0n) is 35.6. The van der Waals surface area contributed by atoms with E-state index in [9.17, 15) is 0 Å². The van der Waals surface area contributed by atoms with Crippen molar-refractivity contribution in [2.24, 2.45) is 0 Å². The van der Waals surface area contributed by atoms with Crippen LogP contribution in [0.15, 0.2) is 170 Å². The van der Waals surface area contributed by atoms with Crippen molar-refractivity contribution in [3.05, 3.63) is 203 Å². The maximum Gasteiger partial charge on any atom is 0.0428 e. The minimum atomic E-state index is -0.165. The summed E-state index contributed by atoms with van der Waals surface area (Å²) in [6.45, 7) is 14.2. The third kappa shape index (κ3) is 5.17. The molecule has 1 aromatic heterocycles. The first-order valence-electron chi connectivity index (χ1n) is 21.7. The second-order valence-corrected chi connectivity index (χ2v) is 19.6. The van der Waals surface area contributed by atoms with Gasteiger partial charge in [-0.15, -0.1) is 11.3 Å². The van der Waals surface area contributed by atoms with E-state index in [4.69, 9.17) is 0 Å². The molecule has 0 atom stereocenters. The van der Waals surface area contributed by atoms with Crippen LogP contribution in [0.25, 0.3) is 97.7 Å². The van der Waals surface area contributed by atoms with E-state index in [1.54, 1.807) is 0 Å². The van der Waals surface area contributed by atoms with Crippen LogP contribution in [0.5, 0.6) is 0 Å². The highest BCUT2D eigenvalue weighted by molar-refractivity contribution is 7.21. The van der Waals surface area contributed by atoms with E-state index in [2.05, 4.69) is 211 Å². The summed E-state index contributed by atoms with van der Waals surface area (Å²) in [7, 11) is 0. The van der Waals surface area contributed by atoms with Crippen molar-refractivity contribution in [1.82, 2.24) is 0 Å². The number of rotatable bonds is 4. The van der Waals surface area contributed by atoms with E-state index >= 15 is 0 Å². The predicted octanol–water partition coefficient (Wildman–Crippen LogP) is 17.1. The lowest BCUT2D eigenvalue weighted by Gasteiger charge is -2.23. The third-order valence-electron chi connectivity index (χ3n) is 14.4. The first kappa shape index (κ1) is 36.3. The fourth-order valence-corrected chi connectivity index (χ4v) is 12.2. The standard InChI is InChI=1S/C60H46S/c1-35-29-49-50(30-36(35)2)58(40-26-28-46-52(32-40)60(5,6)54-34-48(38-19-11-8-12-20-38)42-22-14-16-24-44(42)56(46)54)61-57(49)39-25-27-45-51(31-39)59(3,4)53-33-47(37-17-9-7-10-18-37)41-21-13-15-23-43(41)55(45)53/h7-34H,1-6H3. The molecule has 0 nitrogen and oxygen atoms in total. The largest absolute Gasteiger partial charge is 0.134 e. The van der Waals surface area contributed by atoms with Gasteiger partial charge in [0.25, 0.3) is 0 Å². The fourth-order valence-electron chi connectivity index (χ4n) is 11.0. The van der Waals surface area contributed by atoms with Gasteiger partial charge in [0.2, 0.25) is 0 Å². The molecule has 1 heterocycles. The molecule has 0 spiro atoms. The first-order valence-corrected chi connectivity index (χ1v) is 22.5. The van der Waals surface area contributed by atoms with Gasteiger partial charge in [0.05, 0.1) is 0 Å². The maximum absolute atomic E-state index is 2.52. The highest BCUT2D eigenvalue weighted by Crippen LogP contribution is 2.57. The van der Waals surface area contributed by atoms with Crippen molar-refractivity contribution < 1.29 is 0 Å². The normalized spacial score (nSPS) is 14.3. The summed E-state index contributed by atoms with van der Waals surface area (Å²) in [6.07, 6.45) is 0. The highest BCUT2D eigenvalue weighted by atomic mass is 32.1. The molecule has 2 aliphatic carbocycles. The molecule has 0 aliphatic heterocycles. The smallest absolute Gasteiger partial charge is 0.0428 e. The van der Waals surface area contributed by atoms with Crippen molar-refractivity contribution in [3.8, 4) is 65.4 Å². The van der Waals surface area contributed by atoms with Crippen molar-refractivity contribution in [2.45, 2.75) is 52.4 Å². The van der Waals surface area contributed by atoms with Gasteiger partial charge in [-0.25, -0.2) is 0 Å². The Balaban J connectivity index is 1.02. The molecule has 10 aromatic rings. The van der Waals surface area contributed by atoms with Crippen molar-refractivity contribution in [1.29, 1.82) is 0 Å². The Bertz CT molecular complexity index is 3240. The Morgan fingerprint density at radius 3 is 1.10 bits per heavy atom. The van der Waals surface area contributed by atoms with Crippen LogP contribution in [0.3, 0.4) is 0 Å². The first-order chi connectivity index (χ1) is 29.6. The molecule has 2 aliphatic rings. The molecular formula is C60H46S. The molecule has 292 valence electrons. The van der Waals surface area contributed by atoms with E-state index in [0.717, 1.165) is 0 Å². The Morgan fingerprint density at radius 1 is 0.311 bits per heavy atom. The fraction of sp³-hybridized carbons (Fsp3) is 0.133. The van der Waals surface area contributed by atoms with Gasteiger partial charge in [0.15, 0.2) is 0 Å². The topological polar surface area (TPSA) is 0 Å². The summed E-state index contributed by atoms with van der Waals surface area (Å²) in [5.74, 6) is 0. The van der Waals surface area contributed by atoms with Gasteiger partial charge >= 0.3 is 0 Å². The van der Waals surface area contributed by atoms with Crippen LogP contribution in [0.1, 0.15) is 61.1 Å². The number of aryl methyl sites for hydroxylation is 2. The van der Waals surface area contributed by atoms with E-state index in [0.29, 0.717) is 0 Å². The zero-order valence-corrected chi connectivity index (χ0v) is 36.4. The van der Waals surface area contributed by atoms with Gasteiger partial charge < -0.3 is 0 Å². The van der Waals surface area contributed by atoms with Crippen molar-refractivity contribution in [2.75, 3.05) is 0 Å². The molecular weight excluding hydrogens is 753 g/mol. The van der Waals surface area contributed by atoms with Crippen LogP contribution in [-0.4, -0.2) is 0 Å². The van der Waals surface area contributed by atoms with Crippen LogP contribution in [0, 0.1) is 13.8 Å². The molecule has 0 radical (unpaired) electrons. The molecule has 0 amide bonds. The van der Waals surface area contributed by atoms with E-state index in [1.807, 2.05) is 11.3 Å². The molecule has 0 N–H and O–H groups in total. The quantitative estimate of drug-likeness (QED) is 0.166. The van der Waals surface area contributed by atoms with Gasteiger partial charge in [0.1, 0.15) is 0 Å². The molecule has 0 fully saturated rings. The Kier molecular flexibility index (Phi) is 7.73. The molecule has 12 rings (SSSR count). The minimum absolute atomic E-state index is 0.165. The molecule has 61 heavy (non-hydrogen) atoms. The Hall–Kier alpha value is -6.54. The van der Waals surface area contributed by atoms with Crippen LogP contribution < -0.4 is 0 Å². The maximum atomic E-state index is 2.52. The van der Waals surface area contributed by atoms with Crippen LogP contribution in [-0.2, 0) is 10.8 Å². The van der Waals surface area contributed by atoms with E-state index < -0.39 is 0 Å².